The van der Waals surface area contributed by atoms with Crippen molar-refractivity contribution in [2.75, 3.05) is 33.7 Å². The molecule has 30 heavy (non-hydrogen) atoms. The molecule has 1 heterocycles. The van der Waals surface area contributed by atoms with Gasteiger partial charge in [0.2, 0.25) is 5.91 Å². The van der Waals surface area contributed by atoms with Crippen LogP contribution in [0.4, 0.5) is 0 Å². The van der Waals surface area contributed by atoms with E-state index in [0.29, 0.717) is 24.4 Å². The van der Waals surface area contributed by atoms with Gasteiger partial charge in [0.15, 0.2) is 5.96 Å². The summed E-state index contributed by atoms with van der Waals surface area (Å²) in [5.74, 6) is 1.42. The van der Waals surface area contributed by atoms with E-state index in [1.807, 2.05) is 24.3 Å². The Balaban J connectivity index is 0.00000450. The van der Waals surface area contributed by atoms with Crippen molar-refractivity contribution in [2.45, 2.75) is 45.6 Å². The quantitative estimate of drug-likeness (QED) is 0.209. The molecular weight excluding hydrogens is 493 g/mol. The predicted molar refractivity (Wildman–Crippen MR) is 132 cm³/mol. The Hall–Kier alpha value is -1.84. The van der Waals surface area contributed by atoms with Crippen LogP contribution in [0.5, 0.6) is 0 Å². The molecule has 8 heteroatoms. The Kier molecular flexibility index (Phi) is 12.4. The highest BCUT2D eigenvalue weighted by Crippen LogP contribution is 2.20. The molecule has 3 N–H and O–H groups in total. The Bertz CT molecular complexity index is 685. The first kappa shape index (κ1) is 26.2. The number of likely N-dealkylation sites (tertiary alicyclic amines) is 1. The van der Waals surface area contributed by atoms with Gasteiger partial charge in [-0.1, -0.05) is 25.5 Å². The minimum absolute atomic E-state index is 0. The molecule has 1 aromatic rings. The number of benzene rings is 1. The lowest BCUT2D eigenvalue weighted by molar-refractivity contribution is -0.121. The highest BCUT2D eigenvalue weighted by atomic mass is 127. The van der Waals surface area contributed by atoms with Crippen LogP contribution in [0, 0.1) is 5.92 Å². The molecule has 1 saturated heterocycles. The fourth-order valence-corrected chi connectivity index (χ4v) is 3.48. The number of amides is 2. The van der Waals surface area contributed by atoms with Crippen LogP contribution in [0.3, 0.4) is 0 Å². The van der Waals surface area contributed by atoms with Crippen molar-refractivity contribution < 1.29 is 9.59 Å². The number of carbonyl (C=O) groups excluding carboxylic acids is 2. The van der Waals surface area contributed by atoms with Gasteiger partial charge in [0.1, 0.15) is 0 Å². The number of hydrogen-bond donors (Lipinski definition) is 3. The largest absolute Gasteiger partial charge is 0.359 e. The predicted octanol–water partition coefficient (Wildman–Crippen LogP) is 2.76. The van der Waals surface area contributed by atoms with E-state index >= 15 is 0 Å². The van der Waals surface area contributed by atoms with Crippen molar-refractivity contribution >= 4 is 41.8 Å². The maximum absolute atomic E-state index is 12.1. The summed E-state index contributed by atoms with van der Waals surface area (Å²) in [5.41, 5.74) is 1.79. The molecule has 0 spiro atoms. The van der Waals surface area contributed by atoms with E-state index in [0.717, 1.165) is 56.8 Å². The van der Waals surface area contributed by atoms with Crippen molar-refractivity contribution in [1.82, 2.24) is 20.9 Å². The number of aliphatic imine (C=N–C) groups is 1. The number of nitrogens with one attached hydrogen (secondary N) is 3. The number of halogens is 1. The first-order valence-electron chi connectivity index (χ1n) is 10.6. The van der Waals surface area contributed by atoms with E-state index in [1.165, 1.54) is 0 Å². The second-order valence-corrected chi connectivity index (χ2v) is 7.51. The molecule has 1 aliphatic rings. The molecule has 7 nitrogen and oxygen atoms in total. The molecule has 0 aromatic heterocycles. The lowest BCUT2D eigenvalue weighted by Gasteiger charge is -2.34. The average Bonchev–Trinajstić information content (AvgIpc) is 2.75. The molecule has 2 rings (SSSR count). The highest BCUT2D eigenvalue weighted by Gasteiger charge is 2.23. The maximum Gasteiger partial charge on any atom is 0.251 e. The lowest BCUT2D eigenvalue weighted by atomic mass is 9.93. The fourth-order valence-electron chi connectivity index (χ4n) is 3.48. The minimum Gasteiger partial charge on any atom is -0.359 e. The van der Waals surface area contributed by atoms with Gasteiger partial charge in [0.05, 0.1) is 0 Å². The van der Waals surface area contributed by atoms with Crippen molar-refractivity contribution in [3.05, 3.63) is 35.4 Å². The number of piperidine rings is 1. The standard InChI is InChI=1S/C22H35N5O2.HI/c1-4-5-12-25-21(29)19-8-6-18(7-9-19)16-26-22(24-3)27-13-10-17(11-14-27)15-20(28)23-2;/h6-9,17H,4-5,10-16H2,1-3H3,(H,23,28)(H,24,26)(H,25,29);1H. The molecule has 0 saturated carbocycles. The van der Waals surface area contributed by atoms with Crippen LogP contribution in [0.15, 0.2) is 29.3 Å². The van der Waals surface area contributed by atoms with E-state index in [9.17, 15) is 9.59 Å². The van der Waals surface area contributed by atoms with Gasteiger partial charge >= 0.3 is 0 Å². The van der Waals surface area contributed by atoms with Crippen molar-refractivity contribution in [1.29, 1.82) is 0 Å². The topological polar surface area (TPSA) is 85.8 Å². The van der Waals surface area contributed by atoms with Crippen molar-refractivity contribution in [3.63, 3.8) is 0 Å². The van der Waals surface area contributed by atoms with E-state index < -0.39 is 0 Å². The van der Waals surface area contributed by atoms with Crippen LogP contribution in [0.25, 0.3) is 0 Å². The zero-order chi connectivity index (χ0) is 21.1. The van der Waals surface area contributed by atoms with Crippen LogP contribution in [0.1, 0.15) is 54.9 Å². The van der Waals surface area contributed by atoms with Crippen molar-refractivity contribution in [2.24, 2.45) is 10.9 Å². The van der Waals surface area contributed by atoms with Gasteiger partial charge in [-0.15, -0.1) is 24.0 Å². The summed E-state index contributed by atoms with van der Waals surface area (Å²) < 4.78 is 0. The zero-order valence-electron chi connectivity index (χ0n) is 18.4. The van der Waals surface area contributed by atoms with Gasteiger partial charge in [-0.3, -0.25) is 14.6 Å². The van der Waals surface area contributed by atoms with Crippen LogP contribution in [-0.2, 0) is 11.3 Å². The summed E-state index contributed by atoms with van der Waals surface area (Å²) in [7, 11) is 3.48. The van der Waals surface area contributed by atoms with Crippen molar-refractivity contribution in [3.8, 4) is 0 Å². The van der Waals surface area contributed by atoms with Gasteiger partial charge < -0.3 is 20.9 Å². The molecule has 1 aliphatic heterocycles. The van der Waals surface area contributed by atoms with E-state index in [4.69, 9.17) is 0 Å². The van der Waals surface area contributed by atoms with Gasteiger partial charge in [-0.05, 0) is 42.9 Å². The number of hydrogen-bond acceptors (Lipinski definition) is 3. The number of nitrogens with zero attached hydrogens (tertiary/aromatic N) is 2. The number of carbonyl (C=O) groups is 2. The molecule has 168 valence electrons. The first-order chi connectivity index (χ1) is 14.1. The average molecular weight is 529 g/mol. The molecule has 0 bridgehead atoms. The molecule has 2 amide bonds. The monoisotopic (exact) mass is 529 g/mol. The second kappa shape index (κ2) is 14.2. The normalized spacial score (nSPS) is 14.6. The SMILES string of the molecule is CCCCNC(=O)c1ccc(CNC(=NC)N2CCC(CC(=O)NC)CC2)cc1.I. The van der Waals surface area contributed by atoms with E-state index in [-0.39, 0.29) is 35.8 Å². The lowest BCUT2D eigenvalue weighted by Crippen LogP contribution is -2.45. The summed E-state index contributed by atoms with van der Waals surface area (Å²) in [6, 6.07) is 7.69. The maximum atomic E-state index is 12.1. The summed E-state index contributed by atoms with van der Waals surface area (Å²) in [4.78, 5) is 30.3. The molecular formula is C22H36IN5O2. The molecule has 0 unspecified atom stereocenters. The van der Waals surface area contributed by atoms with Crippen LogP contribution >= 0.6 is 24.0 Å². The Morgan fingerprint density at radius 3 is 2.37 bits per heavy atom. The van der Waals surface area contributed by atoms with Crippen LogP contribution < -0.4 is 16.0 Å². The van der Waals surface area contributed by atoms with Gasteiger partial charge in [0, 0.05) is 52.3 Å². The molecule has 1 fully saturated rings. The molecule has 0 aliphatic carbocycles. The van der Waals surface area contributed by atoms with E-state index in [2.05, 4.69) is 32.8 Å². The smallest absolute Gasteiger partial charge is 0.251 e. The first-order valence-corrected chi connectivity index (χ1v) is 10.6. The zero-order valence-corrected chi connectivity index (χ0v) is 20.7. The Labute approximate surface area is 197 Å². The second-order valence-electron chi connectivity index (χ2n) is 7.51. The number of unbranched alkanes of at least 4 members (excludes halogenated alkanes) is 1. The Morgan fingerprint density at radius 1 is 1.13 bits per heavy atom. The summed E-state index contributed by atoms with van der Waals surface area (Å²) >= 11 is 0. The number of guanidine groups is 1. The third-order valence-corrected chi connectivity index (χ3v) is 5.36. The molecule has 0 atom stereocenters. The number of rotatable bonds is 8. The third-order valence-electron chi connectivity index (χ3n) is 5.36. The van der Waals surface area contributed by atoms with Gasteiger partial charge in [0.25, 0.3) is 5.91 Å². The highest BCUT2D eigenvalue weighted by molar-refractivity contribution is 14.0. The molecule has 1 aromatic carbocycles. The minimum atomic E-state index is -0.0200. The van der Waals surface area contributed by atoms with Crippen LogP contribution in [-0.4, -0.2) is 56.4 Å². The Morgan fingerprint density at radius 2 is 1.80 bits per heavy atom. The third kappa shape index (κ3) is 8.49. The summed E-state index contributed by atoms with van der Waals surface area (Å²) in [6.07, 6.45) is 4.66. The summed E-state index contributed by atoms with van der Waals surface area (Å²) in [6.45, 7) is 5.28. The fraction of sp³-hybridized carbons (Fsp3) is 0.591. The van der Waals surface area contributed by atoms with Gasteiger partial charge in [-0.25, -0.2) is 0 Å². The van der Waals surface area contributed by atoms with Gasteiger partial charge in [-0.2, -0.15) is 0 Å². The van der Waals surface area contributed by atoms with Crippen LogP contribution in [0.2, 0.25) is 0 Å². The summed E-state index contributed by atoms with van der Waals surface area (Å²) in [5, 5.41) is 9.05. The molecule has 0 radical (unpaired) electrons. The van der Waals surface area contributed by atoms with E-state index in [1.54, 1.807) is 14.1 Å².